The lowest BCUT2D eigenvalue weighted by Gasteiger charge is -2.33. The Morgan fingerprint density at radius 2 is 2.32 bits per heavy atom. The lowest BCUT2D eigenvalue weighted by atomic mass is 10.0. The van der Waals surface area contributed by atoms with E-state index >= 15 is 0 Å². The Hall–Kier alpha value is -0.750. The van der Waals surface area contributed by atoms with Crippen molar-refractivity contribution in [3.63, 3.8) is 0 Å². The van der Waals surface area contributed by atoms with Gasteiger partial charge in [-0.15, -0.1) is 22.7 Å². The lowest BCUT2D eigenvalue weighted by Crippen LogP contribution is -2.41. The number of hydrogen-bond donors (Lipinski definition) is 1. The van der Waals surface area contributed by atoms with Gasteiger partial charge >= 0.3 is 0 Å². The van der Waals surface area contributed by atoms with Crippen LogP contribution in [0.25, 0.3) is 9.88 Å². The molecule has 1 aliphatic rings. The first-order valence-electron chi connectivity index (χ1n) is 6.70. The van der Waals surface area contributed by atoms with Gasteiger partial charge in [-0.3, -0.25) is 4.90 Å². The molecule has 3 nitrogen and oxygen atoms in total. The van der Waals surface area contributed by atoms with E-state index in [0.717, 1.165) is 30.2 Å². The van der Waals surface area contributed by atoms with Gasteiger partial charge in [-0.2, -0.15) is 0 Å². The number of thiophene rings is 1. The van der Waals surface area contributed by atoms with E-state index < -0.39 is 0 Å². The van der Waals surface area contributed by atoms with Gasteiger partial charge < -0.3 is 5.11 Å². The fourth-order valence-electron chi connectivity index (χ4n) is 2.58. The molecule has 1 fully saturated rings. The Morgan fingerprint density at radius 1 is 1.37 bits per heavy atom. The average molecular weight is 294 g/mol. The summed E-state index contributed by atoms with van der Waals surface area (Å²) in [6.07, 6.45) is 3.58. The van der Waals surface area contributed by atoms with Crippen LogP contribution in [0.2, 0.25) is 0 Å². The summed E-state index contributed by atoms with van der Waals surface area (Å²) in [5.41, 5.74) is 1.13. The maximum absolute atomic E-state index is 9.44. The number of aliphatic hydroxyl groups is 1. The molecule has 1 N–H and O–H groups in total. The highest BCUT2D eigenvalue weighted by molar-refractivity contribution is 7.20. The normalized spacial score (nSPS) is 20.8. The molecule has 3 rings (SSSR count). The van der Waals surface area contributed by atoms with Crippen LogP contribution in [0.5, 0.6) is 0 Å². The first kappa shape index (κ1) is 13.2. The number of thiazole rings is 1. The van der Waals surface area contributed by atoms with E-state index in [-0.39, 0.29) is 6.61 Å². The maximum atomic E-state index is 9.44. The number of aliphatic hydroxyl groups excluding tert-OH is 1. The van der Waals surface area contributed by atoms with Crippen molar-refractivity contribution in [1.29, 1.82) is 0 Å². The maximum Gasteiger partial charge on any atom is 0.133 e. The summed E-state index contributed by atoms with van der Waals surface area (Å²) in [5.74, 6) is 0. The van der Waals surface area contributed by atoms with Crippen LogP contribution in [0, 0.1) is 0 Å². The highest BCUT2D eigenvalue weighted by atomic mass is 32.1. The fourth-order valence-corrected chi connectivity index (χ4v) is 4.20. The first-order valence-corrected chi connectivity index (χ1v) is 8.46. The van der Waals surface area contributed by atoms with Gasteiger partial charge in [-0.05, 0) is 30.8 Å². The van der Waals surface area contributed by atoms with Crippen LogP contribution in [0.3, 0.4) is 0 Å². The molecule has 1 atom stereocenters. The standard InChI is InChI=1S/C14H18N2OS2/c17-9-12-4-1-2-6-16(12)8-11-10-19-14(15-11)13-5-3-7-18-13/h3,5,7,10,12,17H,1-2,4,6,8-9H2. The summed E-state index contributed by atoms with van der Waals surface area (Å²) in [5, 5.41) is 14.8. The van der Waals surface area contributed by atoms with Crippen molar-refractivity contribution in [3.8, 4) is 9.88 Å². The van der Waals surface area contributed by atoms with Crippen molar-refractivity contribution in [2.24, 2.45) is 0 Å². The molecule has 1 aliphatic heterocycles. The zero-order valence-electron chi connectivity index (χ0n) is 10.8. The molecule has 3 heterocycles. The minimum atomic E-state index is 0.266. The number of piperidine rings is 1. The summed E-state index contributed by atoms with van der Waals surface area (Å²) in [6.45, 7) is 2.21. The predicted octanol–water partition coefficient (Wildman–Crippen LogP) is 3.22. The van der Waals surface area contributed by atoms with Gasteiger partial charge in [0.15, 0.2) is 0 Å². The van der Waals surface area contributed by atoms with Gasteiger partial charge in [0.1, 0.15) is 5.01 Å². The van der Waals surface area contributed by atoms with Crippen LogP contribution >= 0.6 is 22.7 Å². The summed E-state index contributed by atoms with van der Waals surface area (Å²) in [7, 11) is 0. The van der Waals surface area contributed by atoms with Gasteiger partial charge in [0.05, 0.1) is 17.2 Å². The third-order valence-corrected chi connectivity index (χ3v) is 5.54. The van der Waals surface area contributed by atoms with Crippen molar-refractivity contribution >= 4 is 22.7 Å². The largest absolute Gasteiger partial charge is 0.395 e. The third kappa shape index (κ3) is 3.05. The van der Waals surface area contributed by atoms with Crippen molar-refractivity contribution in [2.45, 2.75) is 31.8 Å². The molecule has 1 saturated heterocycles. The molecule has 0 amide bonds. The molecule has 19 heavy (non-hydrogen) atoms. The molecule has 102 valence electrons. The SMILES string of the molecule is OCC1CCCCN1Cc1csc(-c2cccs2)n1. The molecule has 0 saturated carbocycles. The molecular weight excluding hydrogens is 276 g/mol. The first-order chi connectivity index (χ1) is 9.36. The van der Waals surface area contributed by atoms with Crippen molar-refractivity contribution in [2.75, 3.05) is 13.2 Å². The van der Waals surface area contributed by atoms with Crippen molar-refractivity contribution in [3.05, 3.63) is 28.6 Å². The van der Waals surface area contributed by atoms with E-state index in [1.807, 2.05) is 0 Å². The Kier molecular flexibility index (Phi) is 4.28. The van der Waals surface area contributed by atoms with Crippen LogP contribution in [0.15, 0.2) is 22.9 Å². The zero-order chi connectivity index (χ0) is 13.1. The van der Waals surface area contributed by atoms with Crippen molar-refractivity contribution in [1.82, 2.24) is 9.88 Å². The van der Waals surface area contributed by atoms with E-state index in [1.54, 1.807) is 22.7 Å². The average Bonchev–Trinajstić information content (AvgIpc) is 3.09. The molecule has 0 aromatic carbocycles. The molecule has 0 radical (unpaired) electrons. The van der Waals surface area contributed by atoms with Crippen LogP contribution < -0.4 is 0 Å². The summed E-state index contributed by atoms with van der Waals surface area (Å²) < 4.78 is 0. The fraction of sp³-hybridized carbons (Fsp3) is 0.500. The molecule has 0 spiro atoms. The second-order valence-corrected chi connectivity index (χ2v) is 6.73. The Morgan fingerprint density at radius 3 is 3.11 bits per heavy atom. The number of hydrogen-bond acceptors (Lipinski definition) is 5. The Balaban J connectivity index is 1.69. The lowest BCUT2D eigenvalue weighted by molar-refractivity contribution is 0.0832. The van der Waals surface area contributed by atoms with E-state index in [0.29, 0.717) is 6.04 Å². The molecule has 2 aromatic heterocycles. The van der Waals surface area contributed by atoms with Crippen LogP contribution in [-0.2, 0) is 6.54 Å². The van der Waals surface area contributed by atoms with Gasteiger partial charge in [0.25, 0.3) is 0 Å². The minimum absolute atomic E-state index is 0.266. The third-order valence-electron chi connectivity index (χ3n) is 3.61. The van der Waals surface area contributed by atoms with Crippen LogP contribution in [0.1, 0.15) is 25.0 Å². The molecule has 5 heteroatoms. The summed E-state index contributed by atoms with van der Waals surface area (Å²) in [4.78, 5) is 8.34. The highest BCUT2D eigenvalue weighted by Crippen LogP contribution is 2.29. The van der Waals surface area contributed by atoms with E-state index in [9.17, 15) is 5.11 Å². The number of nitrogens with zero attached hydrogens (tertiary/aromatic N) is 2. The van der Waals surface area contributed by atoms with Crippen molar-refractivity contribution < 1.29 is 5.11 Å². The van der Waals surface area contributed by atoms with E-state index in [4.69, 9.17) is 4.98 Å². The Bertz CT molecular complexity index is 509. The number of rotatable bonds is 4. The van der Waals surface area contributed by atoms with Gasteiger partial charge in [-0.1, -0.05) is 12.5 Å². The second-order valence-electron chi connectivity index (χ2n) is 4.92. The Labute approximate surface area is 121 Å². The number of aromatic nitrogens is 1. The molecule has 1 unspecified atom stereocenters. The van der Waals surface area contributed by atoms with Gasteiger partial charge in [-0.25, -0.2) is 4.98 Å². The minimum Gasteiger partial charge on any atom is -0.395 e. The summed E-state index contributed by atoms with van der Waals surface area (Å²) in [6, 6.07) is 4.50. The molecular formula is C14H18N2OS2. The zero-order valence-corrected chi connectivity index (χ0v) is 12.4. The molecule has 0 aliphatic carbocycles. The van der Waals surface area contributed by atoms with E-state index in [2.05, 4.69) is 27.8 Å². The van der Waals surface area contributed by atoms with Gasteiger partial charge in [0.2, 0.25) is 0 Å². The summed E-state index contributed by atoms with van der Waals surface area (Å²) >= 11 is 3.45. The monoisotopic (exact) mass is 294 g/mol. The second kappa shape index (κ2) is 6.13. The quantitative estimate of drug-likeness (QED) is 0.940. The smallest absolute Gasteiger partial charge is 0.133 e. The molecule has 2 aromatic rings. The number of likely N-dealkylation sites (tertiary alicyclic amines) is 1. The van der Waals surface area contributed by atoms with Gasteiger partial charge in [0, 0.05) is 18.0 Å². The van der Waals surface area contributed by atoms with E-state index in [1.165, 1.54) is 17.7 Å². The highest BCUT2D eigenvalue weighted by Gasteiger charge is 2.22. The topological polar surface area (TPSA) is 36.4 Å². The van der Waals surface area contributed by atoms with Crippen LogP contribution in [-0.4, -0.2) is 34.2 Å². The van der Waals surface area contributed by atoms with Crippen LogP contribution in [0.4, 0.5) is 0 Å². The molecule has 0 bridgehead atoms. The predicted molar refractivity (Wildman–Crippen MR) is 80.6 cm³/mol.